The summed E-state index contributed by atoms with van der Waals surface area (Å²) in [6.45, 7) is 6.96. The van der Waals surface area contributed by atoms with Crippen LogP contribution in [-0.2, 0) is 4.74 Å². The summed E-state index contributed by atoms with van der Waals surface area (Å²) < 4.78 is 5.45. The third-order valence-corrected chi connectivity index (χ3v) is 4.05. The molecule has 0 aromatic carbocycles. The van der Waals surface area contributed by atoms with E-state index in [2.05, 4.69) is 18.7 Å². The molecule has 1 N–H and O–H groups in total. The zero-order valence-corrected chi connectivity index (χ0v) is 12.3. The number of rotatable bonds is 10. The Bertz CT molecular complexity index is 211. The van der Waals surface area contributed by atoms with Gasteiger partial charge in [-0.1, -0.05) is 51.9 Å². The highest BCUT2D eigenvalue weighted by molar-refractivity contribution is 4.88. The fourth-order valence-electron chi connectivity index (χ4n) is 2.54. The second kappa shape index (κ2) is 8.89. The van der Waals surface area contributed by atoms with Gasteiger partial charge >= 0.3 is 0 Å². The van der Waals surface area contributed by atoms with Crippen LogP contribution in [0.3, 0.4) is 0 Å². The van der Waals surface area contributed by atoms with E-state index in [0.29, 0.717) is 13.3 Å². The molecule has 108 valence electrons. The standard InChI is InChI=1S/C15H31NO2/c1-3-4-5-6-7-8-9-10-11-16-14-18-13-15(16,2)12-17/h17H,3-14H2,1-2H3/t15-/m1/s1. The molecule has 3 nitrogen and oxygen atoms in total. The van der Waals surface area contributed by atoms with Crippen LogP contribution in [0.4, 0.5) is 0 Å². The molecule has 0 aliphatic carbocycles. The quantitative estimate of drug-likeness (QED) is 0.610. The van der Waals surface area contributed by atoms with Crippen molar-refractivity contribution in [3.05, 3.63) is 0 Å². The van der Waals surface area contributed by atoms with Gasteiger partial charge < -0.3 is 9.84 Å². The van der Waals surface area contributed by atoms with E-state index in [4.69, 9.17) is 4.74 Å². The maximum absolute atomic E-state index is 9.40. The maximum atomic E-state index is 9.40. The Balaban J connectivity index is 1.97. The van der Waals surface area contributed by atoms with Gasteiger partial charge in [-0.15, -0.1) is 0 Å². The highest BCUT2D eigenvalue weighted by atomic mass is 16.5. The van der Waals surface area contributed by atoms with Gasteiger partial charge in [0.2, 0.25) is 0 Å². The number of hydrogen-bond donors (Lipinski definition) is 1. The van der Waals surface area contributed by atoms with Crippen molar-refractivity contribution in [3.8, 4) is 0 Å². The second-order valence-corrected chi connectivity index (χ2v) is 5.87. The van der Waals surface area contributed by atoms with Gasteiger partial charge in [-0.25, -0.2) is 0 Å². The average molecular weight is 257 g/mol. The summed E-state index contributed by atoms with van der Waals surface area (Å²) in [5.74, 6) is 0. The Labute approximate surface area is 113 Å². The van der Waals surface area contributed by atoms with Crippen molar-refractivity contribution >= 4 is 0 Å². The van der Waals surface area contributed by atoms with Gasteiger partial charge in [0, 0.05) is 6.54 Å². The maximum Gasteiger partial charge on any atom is 0.0997 e. The lowest BCUT2D eigenvalue weighted by Gasteiger charge is -2.30. The summed E-state index contributed by atoms with van der Waals surface area (Å²) in [5, 5.41) is 9.40. The van der Waals surface area contributed by atoms with Gasteiger partial charge in [0.25, 0.3) is 0 Å². The molecular weight excluding hydrogens is 226 g/mol. The van der Waals surface area contributed by atoms with Crippen LogP contribution in [0, 0.1) is 0 Å². The molecule has 0 aromatic rings. The van der Waals surface area contributed by atoms with Crippen molar-refractivity contribution < 1.29 is 9.84 Å². The van der Waals surface area contributed by atoms with E-state index < -0.39 is 0 Å². The van der Waals surface area contributed by atoms with Crippen LogP contribution in [0.15, 0.2) is 0 Å². The van der Waals surface area contributed by atoms with E-state index in [0.717, 1.165) is 6.54 Å². The predicted molar refractivity (Wildman–Crippen MR) is 75.6 cm³/mol. The summed E-state index contributed by atoms with van der Waals surface area (Å²) in [5.41, 5.74) is -0.138. The van der Waals surface area contributed by atoms with E-state index in [9.17, 15) is 5.11 Å². The Morgan fingerprint density at radius 1 is 1.06 bits per heavy atom. The monoisotopic (exact) mass is 257 g/mol. The Morgan fingerprint density at radius 2 is 1.67 bits per heavy atom. The van der Waals surface area contributed by atoms with Crippen LogP contribution in [0.25, 0.3) is 0 Å². The molecule has 18 heavy (non-hydrogen) atoms. The third-order valence-electron chi connectivity index (χ3n) is 4.05. The van der Waals surface area contributed by atoms with Gasteiger partial charge in [0.15, 0.2) is 0 Å². The van der Waals surface area contributed by atoms with Crippen molar-refractivity contribution in [1.29, 1.82) is 0 Å². The summed E-state index contributed by atoms with van der Waals surface area (Å²) in [7, 11) is 0. The molecule has 0 bridgehead atoms. The van der Waals surface area contributed by atoms with E-state index in [-0.39, 0.29) is 12.1 Å². The summed E-state index contributed by atoms with van der Waals surface area (Å²) >= 11 is 0. The fraction of sp³-hybridized carbons (Fsp3) is 1.00. The SMILES string of the molecule is CCCCCCCCCCN1COC[C@@]1(C)CO. The van der Waals surface area contributed by atoms with Gasteiger partial charge in [-0.3, -0.25) is 4.90 Å². The van der Waals surface area contributed by atoms with Crippen LogP contribution < -0.4 is 0 Å². The summed E-state index contributed by atoms with van der Waals surface area (Å²) in [6.07, 6.45) is 10.8. The van der Waals surface area contributed by atoms with Crippen molar-refractivity contribution in [3.63, 3.8) is 0 Å². The van der Waals surface area contributed by atoms with Gasteiger partial charge in [-0.2, -0.15) is 0 Å². The summed E-state index contributed by atoms with van der Waals surface area (Å²) in [4.78, 5) is 2.28. The lowest BCUT2D eigenvalue weighted by atomic mass is 10.0. The number of nitrogens with zero attached hydrogens (tertiary/aromatic N) is 1. The number of ether oxygens (including phenoxy) is 1. The van der Waals surface area contributed by atoms with Crippen molar-refractivity contribution in [2.45, 2.75) is 70.8 Å². The molecule has 0 aromatic heterocycles. The van der Waals surface area contributed by atoms with E-state index >= 15 is 0 Å². The first kappa shape index (κ1) is 15.9. The molecule has 0 radical (unpaired) electrons. The lowest BCUT2D eigenvalue weighted by molar-refractivity contribution is 0.0834. The fourth-order valence-corrected chi connectivity index (χ4v) is 2.54. The van der Waals surface area contributed by atoms with Crippen molar-refractivity contribution in [1.82, 2.24) is 4.90 Å². The van der Waals surface area contributed by atoms with Crippen molar-refractivity contribution in [2.24, 2.45) is 0 Å². The minimum Gasteiger partial charge on any atom is -0.394 e. The predicted octanol–water partition coefficient (Wildman–Crippen LogP) is 3.17. The van der Waals surface area contributed by atoms with Crippen molar-refractivity contribution in [2.75, 3.05) is 26.5 Å². The van der Waals surface area contributed by atoms with Crippen LogP contribution in [0.5, 0.6) is 0 Å². The van der Waals surface area contributed by atoms with Gasteiger partial charge in [0.1, 0.15) is 0 Å². The Kier molecular flexibility index (Phi) is 7.87. The molecule has 1 aliphatic heterocycles. The smallest absolute Gasteiger partial charge is 0.0997 e. The molecule has 1 fully saturated rings. The zero-order valence-electron chi connectivity index (χ0n) is 12.3. The molecule has 1 aliphatic rings. The Morgan fingerprint density at radius 3 is 2.28 bits per heavy atom. The number of aliphatic hydroxyl groups is 1. The largest absolute Gasteiger partial charge is 0.394 e. The number of hydrogen-bond acceptors (Lipinski definition) is 3. The van der Waals surface area contributed by atoms with Gasteiger partial charge in [-0.05, 0) is 13.3 Å². The second-order valence-electron chi connectivity index (χ2n) is 5.87. The topological polar surface area (TPSA) is 32.7 Å². The molecule has 1 saturated heterocycles. The minimum atomic E-state index is -0.138. The average Bonchev–Trinajstić information content (AvgIpc) is 2.75. The van der Waals surface area contributed by atoms with Crippen LogP contribution >= 0.6 is 0 Å². The number of aliphatic hydroxyl groups excluding tert-OH is 1. The zero-order chi connectivity index (χ0) is 13.3. The highest BCUT2D eigenvalue weighted by Gasteiger charge is 2.36. The van der Waals surface area contributed by atoms with Crippen LogP contribution in [0.2, 0.25) is 0 Å². The van der Waals surface area contributed by atoms with E-state index in [1.165, 1.54) is 51.4 Å². The van der Waals surface area contributed by atoms with Crippen LogP contribution in [0.1, 0.15) is 65.2 Å². The number of unbranched alkanes of at least 4 members (excludes halogenated alkanes) is 7. The molecule has 0 amide bonds. The summed E-state index contributed by atoms with van der Waals surface area (Å²) in [6, 6.07) is 0. The molecule has 0 saturated carbocycles. The minimum absolute atomic E-state index is 0.138. The van der Waals surface area contributed by atoms with E-state index in [1.54, 1.807) is 0 Å². The first-order valence-electron chi connectivity index (χ1n) is 7.66. The third kappa shape index (κ3) is 5.25. The van der Waals surface area contributed by atoms with Crippen LogP contribution in [-0.4, -0.2) is 42.0 Å². The molecule has 1 heterocycles. The molecule has 3 heteroatoms. The van der Waals surface area contributed by atoms with E-state index in [1.807, 2.05) is 0 Å². The highest BCUT2D eigenvalue weighted by Crippen LogP contribution is 2.22. The molecule has 0 unspecified atom stereocenters. The normalized spacial score (nSPS) is 24.8. The first-order valence-corrected chi connectivity index (χ1v) is 7.66. The molecular formula is C15H31NO2. The molecule has 1 atom stereocenters. The molecule has 1 rings (SSSR count). The lowest BCUT2D eigenvalue weighted by Crippen LogP contribution is -2.46. The Hall–Kier alpha value is -0.120. The molecule has 0 spiro atoms. The first-order chi connectivity index (χ1) is 8.73. The van der Waals surface area contributed by atoms with Gasteiger partial charge in [0.05, 0.1) is 25.5 Å².